The molecule has 0 aromatic heterocycles. The van der Waals surface area contributed by atoms with Crippen LogP contribution in [0.4, 0.5) is 0 Å². The molecule has 1 unspecified atom stereocenters. The lowest BCUT2D eigenvalue weighted by Gasteiger charge is -2.30. The highest BCUT2D eigenvalue weighted by Gasteiger charge is 2.20. The lowest BCUT2D eigenvalue weighted by molar-refractivity contribution is 0.296. The molecular weight excluding hydrogens is 214 g/mol. The van der Waals surface area contributed by atoms with Crippen molar-refractivity contribution in [1.29, 1.82) is 0 Å². The SMILES string of the molecule is CC1CCC(NC(C)CSC(C)(C)C)CC1. The summed E-state index contributed by atoms with van der Waals surface area (Å²) >= 11 is 2.07. The van der Waals surface area contributed by atoms with Crippen LogP contribution in [-0.4, -0.2) is 22.6 Å². The van der Waals surface area contributed by atoms with Gasteiger partial charge in [0, 0.05) is 22.6 Å². The predicted octanol–water partition coefficient (Wildman–Crippen LogP) is 4.07. The maximum Gasteiger partial charge on any atom is 0.0132 e. The molecule has 2 heteroatoms. The van der Waals surface area contributed by atoms with Gasteiger partial charge in [0.05, 0.1) is 0 Å². The van der Waals surface area contributed by atoms with Crippen LogP contribution in [0.5, 0.6) is 0 Å². The third-order valence-corrected chi connectivity index (χ3v) is 4.84. The molecule has 1 fully saturated rings. The van der Waals surface area contributed by atoms with Gasteiger partial charge in [0.25, 0.3) is 0 Å². The Morgan fingerprint density at radius 2 is 1.75 bits per heavy atom. The molecule has 1 atom stereocenters. The minimum Gasteiger partial charge on any atom is -0.311 e. The van der Waals surface area contributed by atoms with Gasteiger partial charge in [0.15, 0.2) is 0 Å². The summed E-state index contributed by atoms with van der Waals surface area (Å²) in [5, 5.41) is 3.79. The highest BCUT2D eigenvalue weighted by Crippen LogP contribution is 2.26. The lowest BCUT2D eigenvalue weighted by Crippen LogP contribution is -2.40. The van der Waals surface area contributed by atoms with E-state index in [1.807, 2.05) is 0 Å². The van der Waals surface area contributed by atoms with Crippen LogP contribution in [0.15, 0.2) is 0 Å². The van der Waals surface area contributed by atoms with E-state index in [9.17, 15) is 0 Å². The molecule has 1 saturated carbocycles. The Balaban J connectivity index is 2.16. The number of hydrogen-bond donors (Lipinski definition) is 1. The summed E-state index contributed by atoms with van der Waals surface area (Å²) in [5.41, 5.74) is 0. The van der Waals surface area contributed by atoms with Gasteiger partial charge in [-0.15, -0.1) is 0 Å². The molecule has 16 heavy (non-hydrogen) atoms. The number of thioether (sulfide) groups is 1. The Morgan fingerprint density at radius 1 is 1.19 bits per heavy atom. The van der Waals surface area contributed by atoms with E-state index >= 15 is 0 Å². The molecule has 1 nitrogen and oxygen atoms in total. The van der Waals surface area contributed by atoms with Crippen molar-refractivity contribution in [3.05, 3.63) is 0 Å². The first-order valence-electron chi connectivity index (χ1n) is 6.77. The van der Waals surface area contributed by atoms with Gasteiger partial charge in [0.1, 0.15) is 0 Å². The average Bonchev–Trinajstić information content (AvgIpc) is 2.18. The fraction of sp³-hybridized carbons (Fsp3) is 1.00. The van der Waals surface area contributed by atoms with Gasteiger partial charge in [0.2, 0.25) is 0 Å². The number of rotatable bonds is 4. The van der Waals surface area contributed by atoms with Crippen molar-refractivity contribution in [2.75, 3.05) is 5.75 Å². The largest absolute Gasteiger partial charge is 0.311 e. The Bertz CT molecular complexity index is 189. The number of nitrogens with one attached hydrogen (secondary N) is 1. The maximum absolute atomic E-state index is 3.79. The van der Waals surface area contributed by atoms with Crippen LogP contribution < -0.4 is 5.32 Å². The summed E-state index contributed by atoms with van der Waals surface area (Å²) in [4.78, 5) is 0. The molecule has 0 aromatic rings. The minimum atomic E-state index is 0.400. The summed E-state index contributed by atoms with van der Waals surface area (Å²) in [6.07, 6.45) is 5.59. The van der Waals surface area contributed by atoms with Crippen molar-refractivity contribution in [1.82, 2.24) is 5.32 Å². The third kappa shape index (κ3) is 6.15. The van der Waals surface area contributed by atoms with Crippen LogP contribution in [0.25, 0.3) is 0 Å². The van der Waals surface area contributed by atoms with E-state index in [0.29, 0.717) is 10.8 Å². The molecule has 0 saturated heterocycles. The van der Waals surface area contributed by atoms with Crippen molar-refractivity contribution < 1.29 is 0 Å². The molecule has 1 rings (SSSR count). The molecule has 0 heterocycles. The van der Waals surface area contributed by atoms with E-state index in [1.54, 1.807) is 0 Å². The lowest BCUT2D eigenvalue weighted by atomic mass is 9.87. The number of hydrogen-bond acceptors (Lipinski definition) is 2. The van der Waals surface area contributed by atoms with Crippen LogP contribution >= 0.6 is 11.8 Å². The first-order valence-corrected chi connectivity index (χ1v) is 7.75. The van der Waals surface area contributed by atoms with E-state index in [1.165, 1.54) is 31.4 Å². The highest BCUT2D eigenvalue weighted by atomic mass is 32.2. The van der Waals surface area contributed by atoms with Gasteiger partial charge in [-0.25, -0.2) is 0 Å². The van der Waals surface area contributed by atoms with E-state index in [-0.39, 0.29) is 0 Å². The second-order valence-electron chi connectivity index (χ2n) is 6.45. The van der Waals surface area contributed by atoms with Crippen molar-refractivity contribution in [3.8, 4) is 0 Å². The van der Waals surface area contributed by atoms with E-state index < -0.39 is 0 Å². The Hall–Kier alpha value is 0.310. The fourth-order valence-electron chi connectivity index (χ4n) is 2.25. The summed E-state index contributed by atoms with van der Waals surface area (Å²) in [6, 6.07) is 1.44. The maximum atomic E-state index is 3.79. The van der Waals surface area contributed by atoms with Gasteiger partial charge in [-0.3, -0.25) is 0 Å². The second-order valence-corrected chi connectivity index (χ2v) is 8.29. The predicted molar refractivity (Wildman–Crippen MR) is 76.2 cm³/mol. The monoisotopic (exact) mass is 243 g/mol. The molecule has 0 amide bonds. The topological polar surface area (TPSA) is 12.0 Å². The Morgan fingerprint density at radius 3 is 2.25 bits per heavy atom. The van der Waals surface area contributed by atoms with E-state index in [0.717, 1.165) is 12.0 Å². The summed E-state index contributed by atoms with van der Waals surface area (Å²) in [6.45, 7) is 11.6. The van der Waals surface area contributed by atoms with Gasteiger partial charge in [-0.05, 0) is 38.5 Å². The first kappa shape index (κ1) is 14.4. The van der Waals surface area contributed by atoms with Crippen molar-refractivity contribution in [2.24, 2.45) is 5.92 Å². The zero-order valence-electron chi connectivity index (χ0n) is 11.7. The molecule has 0 bridgehead atoms. The van der Waals surface area contributed by atoms with Crippen LogP contribution in [0.2, 0.25) is 0 Å². The summed E-state index contributed by atoms with van der Waals surface area (Å²) in [5.74, 6) is 2.19. The minimum absolute atomic E-state index is 0.400. The van der Waals surface area contributed by atoms with Crippen LogP contribution in [0, 0.1) is 5.92 Å². The zero-order valence-corrected chi connectivity index (χ0v) is 12.5. The molecule has 96 valence electrons. The molecule has 0 radical (unpaired) electrons. The Kier molecular flexibility index (Phi) is 5.66. The van der Waals surface area contributed by atoms with Gasteiger partial charge in [-0.2, -0.15) is 11.8 Å². The zero-order chi connectivity index (χ0) is 12.2. The molecule has 1 aliphatic rings. The van der Waals surface area contributed by atoms with E-state index in [4.69, 9.17) is 0 Å². The van der Waals surface area contributed by atoms with E-state index in [2.05, 4.69) is 51.7 Å². The average molecular weight is 243 g/mol. The van der Waals surface area contributed by atoms with Gasteiger partial charge in [-0.1, -0.05) is 27.7 Å². The Labute approximate surface area is 106 Å². The second kappa shape index (κ2) is 6.30. The van der Waals surface area contributed by atoms with Gasteiger partial charge < -0.3 is 5.32 Å². The first-order chi connectivity index (χ1) is 7.37. The molecular formula is C14H29NS. The van der Waals surface area contributed by atoms with Crippen molar-refractivity contribution >= 4 is 11.8 Å². The standard InChI is InChI=1S/C14H29NS/c1-11-6-8-13(9-7-11)15-12(2)10-16-14(3,4)5/h11-13,15H,6-10H2,1-5H3. The smallest absolute Gasteiger partial charge is 0.0132 e. The van der Waals surface area contributed by atoms with Gasteiger partial charge >= 0.3 is 0 Å². The van der Waals surface area contributed by atoms with Crippen LogP contribution in [0.1, 0.15) is 60.3 Å². The molecule has 0 aromatic carbocycles. The molecule has 0 spiro atoms. The van der Waals surface area contributed by atoms with Crippen LogP contribution in [-0.2, 0) is 0 Å². The van der Waals surface area contributed by atoms with Crippen molar-refractivity contribution in [3.63, 3.8) is 0 Å². The van der Waals surface area contributed by atoms with Crippen molar-refractivity contribution in [2.45, 2.75) is 77.1 Å². The summed E-state index contributed by atoms with van der Waals surface area (Å²) < 4.78 is 0.400. The quantitative estimate of drug-likeness (QED) is 0.798. The highest BCUT2D eigenvalue weighted by molar-refractivity contribution is 8.00. The summed E-state index contributed by atoms with van der Waals surface area (Å²) in [7, 11) is 0. The molecule has 1 aliphatic carbocycles. The van der Waals surface area contributed by atoms with Crippen LogP contribution in [0.3, 0.4) is 0 Å². The third-order valence-electron chi connectivity index (χ3n) is 3.30. The normalized spacial score (nSPS) is 29.1. The molecule has 0 aliphatic heterocycles. The molecule has 1 N–H and O–H groups in total. The fourth-order valence-corrected chi connectivity index (χ4v) is 3.10.